The fraction of sp³-hybridized carbons (Fsp3) is 0.579. The van der Waals surface area contributed by atoms with E-state index in [1.165, 1.54) is 4.57 Å². The van der Waals surface area contributed by atoms with Gasteiger partial charge in [-0.3, -0.25) is 19.1 Å². The Balaban J connectivity index is 0.00000210. The summed E-state index contributed by atoms with van der Waals surface area (Å²) in [5.74, 6) is -0.0719. The second-order valence-electron chi connectivity index (χ2n) is 7.87. The number of hydrogen-bond donors (Lipinski definition) is 3. The van der Waals surface area contributed by atoms with Crippen LogP contribution in [0.1, 0.15) is 56.1 Å². The van der Waals surface area contributed by atoms with Crippen LogP contribution in [0.15, 0.2) is 15.7 Å². The van der Waals surface area contributed by atoms with E-state index < -0.39 is 11.2 Å². The predicted molar refractivity (Wildman–Crippen MR) is 119 cm³/mol. The van der Waals surface area contributed by atoms with Crippen molar-refractivity contribution in [2.45, 2.75) is 52.6 Å². The highest BCUT2D eigenvalue weighted by Gasteiger charge is 2.23. The topological polar surface area (TPSA) is 109 Å². The molecule has 3 N–H and O–H groups in total. The van der Waals surface area contributed by atoms with Gasteiger partial charge in [-0.25, -0.2) is 9.78 Å². The molecule has 0 spiro atoms. The molecule has 29 heavy (non-hydrogen) atoms. The van der Waals surface area contributed by atoms with E-state index in [4.69, 9.17) is 0 Å². The molecule has 1 aliphatic heterocycles. The highest BCUT2D eigenvalue weighted by atomic mass is 35.5. The van der Waals surface area contributed by atoms with Crippen LogP contribution in [0.5, 0.6) is 0 Å². The van der Waals surface area contributed by atoms with Gasteiger partial charge >= 0.3 is 5.69 Å². The van der Waals surface area contributed by atoms with E-state index in [1.54, 1.807) is 6.07 Å². The first-order valence-corrected chi connectivity index (χ1v) is 9.47. The van der Waals surface area contributed by atoms with Crippen LogP contribution in [0, 0.1) is 5.92 Å². The number of aromatic nitrogens is 3. The third-order valence-corrected chi connectivity index (χ3v) is 4.75. The number of halogens is 2. The number of rotatable bonds is 5. The van der Waals surface area contributed by atoms with Gasteiger partial charge in [-0.1, -0.05) is 27.7 Å². The summed E-state index contributed by atoms with van der Waals surface area (Å²) in [4.78, 5) is 44.8. The minimum absolute atomic E-state index is 0. The maximum Gasteiger partial charge on any atom is 0.330 e. The minimum Gasteiger partial charge on any atom is -0.348 e. The van der Waals surface area contributed by atoms with Crippen LogP contribution in [0.25, 0.3) is 11.0 Å². The van der Waals surface area contributed by atoms with Gasteiger partial charge < -0.3 is 10.6 Å². The number of nitrogens with zero attached hydrogens (tertiary/aromatic N) is 2. The molecule has 1 saturated heterocycles. The maximum atomic E-state index is 13.0. The van der Waals surface area contributed by atoms with Crippen molar-refractivity contribution in [2.24, 2.45) is 5.92 Å². The van der Waals surface area contributed by atoms with Crippen LogP contribution >= 0.6 is 24.8 Å². The Bertz CT molecular complexity index is 978. The molecule has 0 bridgehead atoms. The first-order chi connectivity index (χ1) is 12.8. The third-order valence-electron chi connectivity index (χ3n) is 4.75. The molecule has 3 heterocycles. The van der Waals surface area contributed by atoms with Crippen molar-refractivity contribution in [1.82, 2.24) is 25.2 Å². The van der Waals surface area contributed by atoms with Crippen molar-refractivity contribution in [3.8, 4) is 0 Å². The van der Waals surface area contributed by atoms with Crippen LogP contribution in [-0.2, 0) is 6.54 Å². The molecule has 1 unspecified atom stereocenters. The van der Waals surface area contributed by atoms with E-state index in [2.05, 4.69) is 20.6 Å². The van der Waals surface area contributed by atoms with E-state index >= 15 is 0 Å². The molecule has 3 rings (SSSR count). The molecule has 0 aliphatic carbocycles. The third kappa shape index (κ3) is 5.38. The Morgan fingerprint density at radius 1 is 1.28 bits per heavy atom. The zero-order chi connectivity index (χ0) is 19.7. The van der Waals surface area contributed by atoms with Gasteiger partial charge in [0.25, 0.3) is 11.5 Å². The lowest BCUT2D eigenvalue weighted by Gasteiger charge is -2.17. The molecule has 2 aromatic heterocycles. The van der Waals surface area contributed by atoms with E-state index in [0.717, 1.165) is 13.0 Å². The van der Waals surface area contributed by atoms with Gasteiger partial charge in [-0.15, -0.1) is 24.8 Å². The number of aromatic amines is 1. The van der Waals surface area contributed by atoms with Crippen LogP contribution in [0.2, 0.25) is 0 Å². The summed E-state index contributed by atoms with van der Waals surface area (Å²) in [5.41, 5.74) is 0.154. The molecule has 162 valence electrons. The Kier molecular flexibility index (Phi) is 8.86. The highest BCUT2D eigenvalue weighted by Crippen LogP contribution is 2.20. The largest absolute Gasteiger partial charge is 0.348 e. The average Bonchev–Trinajstić information content (AvgIpc) is 3.10. The molecule has 0 aromatic carbocycles. The molecule has 1 atom stereocenters. The molecule has 0 radical (unpaired) electrons. The molecule has 10 heteroatoms. The highest BCUT2D eigenvalue weighted by molar-refractivity contribution is 6.05. The van der Waals surface area contributed by atoms with Gasteiger partial charge in [-0.05, 0) is 30.9 Å². The summed E-state index contributed by atoms with van der Waals surface area (Å²) in [6, 6.07) is 1.70. The Morgan fingerprint density at radius 2 is 1.97 bits per heavy atom. The molecular weight excluding hydrogens is 417 g/mol. The summed E-state index contributed by atoms with van der Waals surface area (Å²) >= 11 is 0. The number of hydrogen-bond acceptors (Lipinski definition) is 5. The fourth-order valence-electron chi connectivity index (χ4n) is 3.34. The lowest BCUT2D eigenvalue weighted by molar-refractivity contribution is 0.0941. The minimum atomic E-state index is -0.576. The van der Waals surface area contributed by atoms with Crippen molar-refractivity contribution in [3.05, 3.63) is 38.2 Å². The molecule has 1 aliphatic rings. The normalized spacial score (nSPS) is 16.0. The van der Waals surface area contributed by atoms with Crippen LogP contribution in [0.4, 0.5) is 0 Å². The molecule has 0 saturated carbocycles. The second-order valence-corrected chi connectivity index (χ2v) is 7.87. The zero-order valence-corrected chi connectivity index (χ0v) is 18.7. The molecule has 8 nitrogen and oxygen atoms in total. The molecular formula is C19H29Cl2N5O3. The van der Waals surface area contributed by atoms with Crippen molar-refractivity contribution in [3.63, 3.8) is 0 Å². The standard InChI is InChI=1S/C19H27N5O3.2ClH/c1-10(2)9-24-16-15(18(26)23-19(24)27)13(7-14(22-16)11(3)4)17(25)21-12-5-6-20-8-12;;/h7,10-12,20H,5-6,8-9H2,1-4H3,(H,21,25)(H,23,26,27);2*1H. The van der Waals surface area contributed by atoms with Crippen molar-refractivity contribution in [1.29, 1.82) is 0 Å². The number of amides is 1. The fourth-order valence-corrected chi connectivity index (χ4v) is 3.34. The monoisotopic (exact) mass is 445 g/mol. The SMILES string of the molecule is CC(C)Cn1c(=O)[nH]c(=O)c2c(C(=O)NC3CCNC3)cc(C(C)C)nc21.Cl.Cl. The number of H-pyrrole nitrogens is 1. The van der Waals surface area contributed by atoms with Gasteiger partial charge in [-0.2, -0.15) is 0 Å². The summed E-state index contributed by atoms with van der Waals surface area (Å²) in [6.45, 7) is 9.87. The van der Waals surface area contributed by atoms with Crippen molar-refractivity contribution in [2.75, 3.05) is 13.1 Å². The van der Waals surface area contributed by atoms with Crippen LogP contribution in [0.3, 0.4) is 0 Å². The maximum absolute atomic E-state index is 13.0. The van der Waals surface area contributed by atoms with Gasteiger partial charge in [0.05, 0.1) is 10.9 Å². The first-order valence-electron chi connectivity index (χ1n) is 9.47. The average molecular weight is 446 g/mol. The summed E-state index contributed by atoms with van der Waals surface area (Å²) in [7, 11) is 0. The lowest BCUT2D eigenvalue weighted by atomic mass is 10.0. The lowest BCUT2D eigenvalue weighted by Crippen LogP contribution is -2.38. The Hall–Kier alpha value is -1.90. The summed E-state index contributed by atoms with van der Waals surface area (Å²) in [6.07, 6.45) is 0.847. The van der Waals surface area contributed by atoms with Crippen molar-refractivity contribution >= 4 is 41.8 Å². The number of pyridine rings is 1. The van der Waals surface area contributed by atoms with Gasteiger partial charge in [0, 0.05) is 24.8 Å². The number of carbonyl (C=O) groups is 1. The smallest absolute Gasteiger partial charge is 0.330 e. The number of carbonyl (C=O) groups excluding carboxylic acids is 1. The second kappa shape index (κ2) is 10.2. The Labute approximate surface area is 181 Å². The summed E-state index contributed by atoms with van der Waals surface area (Å²) < 4.78 is 1.46. The van der Waals surface area contributed by atoms with Gasteiger partial charge in [0.2, 0.25) is 0 Å². The van der Waals surface area contributed by atoms with Gasteiger partial charge in [0.15, 0.2) is 5.65 Å². The first kappa shape index (κ1) is 25.1. The van der Waals surface area contributed by atoms with Crippen LogP contribution in [-0.4, -0.2) is 39.6 Å². The van der Waals surface area contributed by atoms with E-state index in [-0.39, 0.29) is 65.2 Å². The number of nitrogens with one attached hydrogen (secondary N) is 3. The van der Waals surface area contributed by atoms with Crippen molar-refractivity contribution < 1.29 is 4.79 Å². The number of fused-ring (bicyclic) bond motifs is 1. The zero-order valence-electron chi connectivity index (χ0n) is 17.1. The molecule has 1 fully saturated rings. The van der Waals surface area contributed by atoms with Crippen LogP contribution < -0.4 is 21.9 Å². The van der Waals surface area contributed by atoms with E-state index in [1.807, 2.05) is 27.7 Å². The van der Waals surface area contributed by atoms with Gasteiger partial charge in [0.1, 0.15) is 0 Å². The van der Waals surface area contributed by atoms with E-state index in [0.29, 0.717) is 18.8 Å². The predicted octanol–water partition coefficient (Wildman–Crippen LogP) is 1.80. The summed E-state index contributed by atoms with van der Waals surface area (Å²) in [5, 5.41) is 6.36. The Morgan fingerprint density at radius 3 is 2.52 bits per heavy atom. The quantitative estimate of drug-likeness (QED) is 0.649. The molecule has 1 amide bonds. The van der Waals surface area contributed by atoms with E-state index in [9.17, 15) is 14.4 Å². The molecule has 2 aromatic rings.